The molecule has 0 unspecified atom stereocenters. The monoisotopic (exact) mass is 419 g/mol. The molecule has 2 amide bonds. The number of rotatable bonds is 9. The molecular weight excluding hydrogens is 398 g/mol. The Hall–Kier alpha value is -3.10. The molecule has 2 aromatic carbocycles. The van der Waals surface area contributed by atoms with Crippen molar-refractivity contribution in [2.75, 3.05) is 13.7 Å². The van der Waals surface area contributed by atoms with Gasteiger partial charge >= 0.3 is 6.09 Å². The maximum Gasteiger partial charge on any atom is 0.421 e. The molecule has 29 heavy (non-hydrogen) atoms. The van der Waals surface area contributed by atoms with E-state index in [9.17, 15) is 14.4 Å². The smallest absolute Gasteiger partial charge is 0.421 e. The zero-order valence-corrected chi connectivity index (χ0v) is 16.6. The predicted molar refractivity (Wildman–Crippen MR) is 108 cm³/mol. The molecule has 0 saturated heterocycles. The topological polar surface area (TPSA) is 120 Å². The Morgan fingerprint density at radius 2 is 1.83 bits per heavy atom. The molecule has 0 aromatic heterocycles. The molecule has 0 fully saturated rings. The molecule has 4 N–H and O–H groups in total. The molecule has 0 heterocycles. The second-order valence-corrected chi connectivity index (χ2v) is 6.46. The summed E-state index contributed by atoms with van der Waals surface area (Å²) in [5.41, 5.74) is 3.44. The van der Waals surface area contributed by atoms with Gasteiger partial charge in [0, 0.05) is 19.4 Å². The lowest BCUT2D eigenvalue weighted by molar-refractivity contribution is -0.119. The van der Waals surface area contributed by atoms with Crippen LogP contribution in [0.5, 0.6) is 5.75 Å². The van der Waals surface area contributed by atoms with Crippen molar-refractivity contribution < 1.29 is 23.9 Å². The minimum absolute atomic E-state index is 0.00710. The van der Waals surface area contributed by atoms with Gasteiger partial charge in [-0.3, -0.25) is 15.0 Å². The van der Waals surface area contributed by atoms with Crippen molar-refractivity contribution in [1.82, 2.24) is 10.7 Å². The Kier molecular flexibility index (Phi) is 8.45. The molecule has 2 rings (SSSR count). The summed E-state index contributed by atoms with van der Waals surface area (Å²) in [7, 11) is 1.58. The van der Waals surface area contributed by atoms with E-state index in [4.69, 9.17) is 26.9 Å². The van der Waals surface area contributed by atoms with E-state index in [-0.39, 0.29) is 41.7 Å². The predicted octanol–water partition coefficient (Wildman–Crippen LogP) is 2.38. The molecule has 0 aliphatic carbocycles. The zero-order valence-electron chi connectivity index (χ0n) is 15.9. The molecule has 0 spiro atoms. The van der Waals surface area contributed by atoms with Crippen molar-refractivity contribution in [3.8, 4) is 5.75 Å². The number of nitrogens with two attached hydrogens (primary N) is 1. The average molecular weight is 420 g/mol. The second-order valence-electron chi connectivity index (χ2n) is 6.05. The number of hydrazine groups is 1. The number of amides is 2. The molecule has 8 nitrogen and oxygen atoms in total. The first-order chi connectivity index (χ1) is 13.9. The van der Waals surface area contributed by atoms with E-state index in [2.05, 4.69) is 5.32 Å². The fourth-order valence-corrected chi connectivity index (χ4v) is 2.86. The van der Waals surface area contributed by atoms with Crippen LogP contribution in [-0.4, -0.2) is 31.5 Å². The lowest BCUT2D eigenvalue weighted by Gasteiger charge is -2.12. The number of hydrogen-bond donors (Lipinski definition) is 3. The van der Waals surface area contributed by atoms with Crippen molar-refractivity contribution in [3.63, 3.8) is 0 Å². The number of halogens is 1. The second kappa shape index (κ2) is 11.0. The fraction of sp³-hybridized carbons (Fsp3) is 0.250. The summed E-state index contributed by atoms with van der Waals surface area (Å²) in [5.74, 6) is 5.03. The number of methoxy groups -OCH3 is 1. The number of carbonyl (C=O) groups excluding carboxylic acids is 3. The number of ketones is 1. The third kappa shape index (κ3) is 6.78. The Labute approximate surface area is 173 Å². The Morgan fingerprint density at radius 1 is 1.10 bits per heavy atom. The van der Waals surface area contributed by atoms with Crippen LogP contribution in [0.2, 0.25) is 5.02 Å². The van der Waals surface area contributed by atoms with E-state index in [0.29, 0.717) is 12.1 Å². The van der Waals surface area contributed by atoms with Gasteiger partial charge in [0.1, 0.15) is 18.1 Å². The highest BCUT2D eigenvalue weighted by Crippen LogP contribution is 2.21. The minimum Gasteiger partial charge on any atom is -0.497 e. The summed E-state index contributed by atoms with van der Waals surface area (Å²) >= 11 is 6.21. The van der Waals surface area contributed by atoms with Gasteiger partial charge in [-0.2, -0.15) is 0 Å². The van der Waals surface area contributed by atoms with Gasteiger partial charge in [0.25, 0.3) is 5.91 Å². The van der Waals surface area contributed by atoms with Gasteiger partial charge in [0.15, 0.2) is 0 Å². The highest BCUT2D eigenvalue weighted by Gasteiger charge is 2.17. The van der Waals surface area contributed by atoms with E-state index >= 15 is 0 Å². The van der Waals surface area contributed by atoms with Crippen LogP contribution < -0.4 is 21.3 Å². The largest absolute Gasteiger partial charge is 0.497 e. The van der Waals surface area contributed by atoms with Crippen LogP contribution in [-0.2, 0) is 22.5 Å². The number of Topliss-reactive ketones (excluding diaryl/α,β-unsaturated/α-hetero) is 1. The SMILES string of the molecule is COc1ccc(CNC(=O)c2c(Cl)cccc2CC(=O)CCOC(=O)NN)cc1. The highest BCUT2D eigenvalue weighted by atomic mass is 35.5. The molecule has 0 saturated carbocycles. The average Bonchev–Trinajstić information content (AvgIpc) is 2.72. The molecule has 0 bridgehead atoms. The molecule has 2 aromatic rings. The summed E-state index contributed by atoms with van der Waals surface area (Å²) in [6, 6.07) is 12.2. The van der Waals surface area contributed by atoms with Gasteiger partial charge in [-0.05, 0) is 29.3 Å². The Morgan fingerprint density at radius 3 is 2.48 bits per heavy atom. The van der Waals surface area contributed by atoms with Crippen LogP contribution in [0.3, 0.4) is 0 Å². The third-order valence-electron chi connectivity index (χ3n) is 4.06. The maximum atomic E-state index is 12.7. The lowest BCUT2D eigenvalue weighted by Crippen LogP contribution is -2.31. The molecule has 154 valence electrons. The van der Waals surface area contributed by atoms with Crippen LogP contribution in [0.25, 0.3) is 0 Å². The molecule has 0 aliphatic rings. The maximum absolute atomic E-state index is 12.7. The standard InChI is InChI=1S/C20H22ClN3O5/c1-28-16-7-5-13(6-8-16)12-23-19(26)18-14(3-2-4-17(18)21)11-15(25)9-10-29-20(27)24-22/h2-8H,9-12,22H2,1H3,(H,23,26)(H,24,27). The van der Waals surface area contributed by atoms with E-state index < -0.39 is 6.09 Å². The highest BCUT2D eigenvalue weighted by molar-refractivity contribution is 6.34. The number of nitrogens with one attached hydrogen (secondary N) is 2. The summed E-state index contributed by atoms with van der Waals surface area (Å²) in [5, 5.41) is 3.06. The zero-order chi connectivity index (χ0) is 21.2. The van der Waals surface area contributed by atoms with Gasteiger partial charge in [-0.15, -0.1) is 0 Å². The Balaban J connectivity index is 2.01. The number of hydrogen-bond acceptors (Lipinski definition) is 6. The van der Waals surface area contributed by atoms with Crippen LogP contribution >= 0.6 is 11.6 Å². The summed E-state index contributed by atoms with van der Waals surface area (Å²) < 4.78 is 9.80. The molecule has 0 radical (unpaired) electrons. The summed E-state index contributed by atoms with van der Waals surface area (Å²) in [6.45, 7) is 0.185. The number of carbonyl (C=O) groups is 3. The van der Waals surface area contributed by atoms with Crippen molar-refractivity contribution in [1.29, 1.82) is 0 Å². The van der Waals surface area contributed by atoms with Gasteiger partial charge < -0.3 is 14.8 Å². The first kappa shape index (κ1) is 22.2. The van der Waals surface area contributed by atoms with Crippen LogP contribution in [0, 0.1) is 0 Å². The first-order valence-corrected chi connectivity index (χ1v) is 9.16. The van der Waals surface area contributed by atoms with Crippen molar-refractivity contribution in [3.05, 3.63) is 64.2 Å². The van der Waals surface area contributed by atoms with E-state index in [1.807, 2.05) is 12.1 Å². The third-order valence-corrected chi connectivity index (χ3v) is 4.37. The molecular formula is C20H22ClN3O5. The molecule has 0 atom stereocenters. The van der Waals surface area contributed by atoms with Crippen LogP contribution in [0.1, 0.15) is 27.9 Å². The van der Waals surface area contributed by atoms with Crippen molar-refractivity contribution in [2.24, 2.45) is 5.84 Å². The molecule has 9 heteroatoms. The number of ether oxygens (including phenoxy) is 2. The van der Waals surface area contributed by atoms with Crippen LogP contribution in [0.15, 0.2) is 42.5 Å². The van der Waals surface area contributed by atoms with Gasteiger partial charge in [-0.25, -0.2) is 10.6 Å². The van der Waals surface area contributed by atoms with Gasteiger partial charge in [-0.1, -0.05) is 35.9 Å². The molecule has 0 aliphatic heterocycles. The number of benzene rings is 2. The van der Waals surface area contributed by atoms with Crippen molar-refractivity contribution >= 4 is 29.4 Å². The summed E-state index contributed by atoms with van der Waals surface area (Å²) in [6.07, 6.45) is -0.842. The fourth-order valence-electron chi connectivity index (χ4n) is 2.58. The van der Waals surface area contributed by atoms with Crippen molar-refractivity contribution in [2.45, 2.75) is 19.4 Å². The lowest BCUT2D eigenvalue weighted by atomic mass is 10.0. The summed E-state index contributed by atoms with van der Waals surface area (Å²) in [4.78, 5) is 35.8. The first-order valence-electron chi connectivity index (χ1n) is 8.78. The van der Waals surface area contributed by atoms with Gasteiger partial charge in [0.05, 0.1) is 17.7 Å². The van der Waals surface area contributed by atoms with E-state index in [1.54, 1.807) is 42.9 Å². The van der Waals surface area contributed by atoms with Crippen LogP contribution in [0.4, 0.5) is 4.79 Å². The quantitative estimate of drug-likeness (QED) is 0.326. The van der Waals surface area contributed by atoms with E-state index in [0.717, 1.165) is 11.3 Å². The minimum atomic E-state index is -0.820. The Bertz CT molecular complexity index is 871. The normalized spacial score (nSPS) is 10.2. The van der Waals surface area contributed by atoms with E-state index in [1.165, 1.54) is 0 Å². The van der Waals surface area contributed by atoms with Gasteiger partial charge in [0.2, 0.25) is 0 Å².